The summed E-state index contributed by atoms with van der Waals surface area (Å²) in [6.07, 6.45) is 10.5. The van der Waals surface area contributed by atoms with E-state index in [4.69, 9.17) is 9.47 Å². The Morgan fingerprint density at radius 2 is 1.51 bits per heavy atom. The van der Waals surface area contributed by atoms with Gasteiger partial charge in [0, 0.05) is 5.92 Å². The molecule has 0 aromatic heterocycles. The molecule has 0 unspecified atom stereocenters. The van der Waals surface area contributed by atoms with E-state index < -0.39 is 42.2 Å². The van der Waals surface area contributed by atoms with Crippen molar-refractivity contribution in [2.45, 2.75) is 96.2 Å². The Balaban J connectivity index is 1.70. The van der Waals surface area contributed by atoms with E-state index in [1.165, 1.54) is 0 Å². The summed E-state index contributed by atoms with van der Waals surface area (Å²) in [6, 6.07) is 7.20. The third kappa shape index (κ3) is 11.3. The van der Waals surface area contributed by atoms with Crippen molar-refractivity contribution < 1.29 is 33.4 Å². The molecule has 0 radical (unpaired) electrons. The summed E-state index contributed by atoms with van der Waals surface area (Å²) in [6.45, 7) is 1.24. The maximum absolute atomic E-state index is 13.6. The molecule has 0 bridgehead atoms. The Bertz CT molecular complexity index is 1000. The standard InChI is InChI=1S/C31H45N3O7/c1-2-41-27(35)19-32-31(39)28(36)26(21-40-20-23-14-8-4-9-15-23)34-30(38)25(18-22-12-6-3-7-13-22)33-29(37)24-16-10-5-11-17-24/h4,8-9,14-15,22,24-26H,2-3,5-7,10-13,16-21H2,1H3,(H,32,39)(H,33,37)(H,34,38)/t25-,26-/m0/s1. The van der Waals surface area contributed by atoms with Crippen LogP contribution in [0.5, 0.6) is 0 Å². The lowest BCUT2D eigenvalue weighted by molar-refractivity contribution is -0.146. The number of hydrogen-bond donors (Lipinski definition) is 3. The van der Waals surface area contributed by atoms with Crippen molar-refractivity contribution in [3.05, 3.63) is 35.9 Å². The minimum Gasteiger partial charge on any atom is -0.465 e. The summed E-state index contributed by atoms with van der Waals surface area (Å²) < 4.78 is 10.5. The van der Waals surface area contributed by atoms with E-state index in [1.807, 2.05) is 30.3 Å². The fourth-order valence-corrected chi connectivity index (χ4v) is 5.58. The van der Waals surface area contributed by atoms with E-state index in [1.54, 1.807) is 6.92 Å². The second kappa shape index (κ2) is 17.5. The number of Topliss-reactive ketones (excluding diaryl/α,β-unsaturated/α-hetero) is 1. The molecule has 1 aromatic carbocycles. The van der Waals surface area contributed by atoms with Crippen molar-refractivity contribution >= 4 is 29.5 Å². The molecule has 3 amide bonds. The van der Waals surface area contributed by atoms with Crippen molar-refractivity contribution in [3.8, 4) is 0 Å². The molecule has 2 atom stereocenters. The SMILES string of the molecule is CCOC(=O)CNC(=O)C(=O)[C@H](COCc1ccccc1)NC(=O)[C@H](CC1CCCCC1)NC(=O)C1CCCCC1. The Morgan fingerprint density at radius 3 is 2.17 bits per heavy atom. The molecule has 2 aliphatic rings. The zero-order valence-electron chi connectivity index (χ0n) is 24.2. The number of ketones is 1. The number of carbonyl (C=O) groups is 5. The highest BCUT2D eigenvalue weighted by molar-refractivity contribution is 6.38. The molecule has 0 heterocycles. The van der Waals surface area contributed by atoms with Crippen LogP contribution >= 0.6 is 0 Å². The number of amides is 3. The van der Waals surface area contributed by atoms with E-state index >= 15 is 0 Å². The van der Waals surface area contributed by atoms with Crippen LogP contribution < -0.4 is 16.0 Å². The zero-order valence-corrected chi connectivity index (χ0v) is 24.2. The molecule has 10 heteroatoms. The number of carbonyl (C=O) groups excluding carboxylic acids is 5. The topological polar surface area (TPSA) is 140 Å². The summed E-state index contributed by atoms with van der Waals surface area (Å²) in [4.78, 5) is 64.2. The minimum absolute atomic E-state index is 0.120. The normalized spacial score (nSPS) is 17.6. The molecule has 2 saturated carbocycles. The smallest absolute Gasteiger partial charge is 0.325 e. The van der Waals surface area contributed by atoms with Gasteiger partial charge in [0.1, 0.15) is 18.6 Å². The number of hydrogen-bond acceptors (Lipinski definition) is 7. The molecule has 10 nitrogen and oxygen atoms in total. The molecule has 0 aliphatic heterocycles. The highest BCUT2D eigenvalue weighted by atomic mass is 16.5. The highest BCUT2D eigenvalue weighted by Crippen LogP contribution is 2.28. The van der Waals surface area contributed by atoms with E-state index in [-0.39, 0.29) is 31.6 Å². The van der Waals surface area contributed by atoms with Crippen LogP contribution in [0.1, 0.15) is 83.1 Å². The number of esters is 1. The van der Waals surface area contributed by atoms with Crippen LogP contribution in [-0.4, -0.2) is 61.3 Å². The predicted molar refractivity (Wildman–Crippen MR) is 152 cm³/mol. The molecule has 3 rings (SSSR count). The Labute approximate surface area is 242 Å². The van der Waals surface area contributed by atoms with Gasteiger partial charge in [0.25, 0.3) is 5.91 Å². The minimum atomic E-state index is -1.30. The average Bonchev–Trinajstić information content (AvgIpc) is 3.00. The number of ether oxygens (including phenoxy) is 2. The van der Waals surface area contributed by atoms with Crippen molar-refractivity contribution in [3.63, 3.8) is 0 Å². The fraction of sp³-hybridized carbons (Fsp3) is 0.645. The van der Waals surface area contributed by atoms with Gasteiger partial charge in [0.15, 0.2) is 0 Å². The van der Waals surface area contributed by atoms with Gasteiger partial charge in [-0.25, -0.2) is 0 Å². The number of rotatable bonds is 15. The average molecular weight is 572 g/mol. The van der Waals surface area contributed by atoms with Crippen LogP contribution in [-0.2, 0) is 40.1 Å². The van der Waals surface area contributed by atoms with Gasteiger partial charge in [-0.1, -0.05) is 81.7 Å². The molecule has 1 aromatic rings. The predicted octanol–water partition coefficient (Wildman–Crippen LogP) is 2.97. The van der Waals surface area contributed by atoms with E-state index in [0.29, 0.717) is 12.3 Å². The quantitative estimate of drug-likeness (QED) is 0.217. The van der Waals surface area contributed by atoms with Crippen LogP contribution in [0.25, 0.3) is 0 Å². The van der Waals surface area contributed by atoms with Crippen LogP contribution in [0.15, 0.2) is 30.3 Å². The second-order valence-electron chi connectivity index (χ2n) is 11.0. The molecular weight excluding hydrogens is 526 g/mol. The van der Waals surface area contributed by atoms with Crippen LogP contribution in [0.2, 0.25) is 0 Å². The fourth-order valence-electron chi connectivity index (χ4n) is 5.58. The van der Waals surface area contributed by atoms with Gasteiger partial charge in [0.05, 0.1) is 19.8 Å². The van der Waals surface area contributed by atoms with Gasteiger partial charge >= 0.3 is 5.97 Å². The highest BCUT2D eigenvalue weighted by Gasteiger charge is 2.33. The maximum Gasteiger partial charge on any atom is 0.325 e. The van der Waals surface area contributed by atoms with Gasteiger partial charge < -0.3 is 25.4 Å². The molecular formula is C31H45N3O7. The first kappa shape index (κ1) is 32.2. The summed E-state index contributed by atoms with van der Waals surface area (Å²) in [5, 5.41) is 7.93. The lowest BCUT2D eigenvalue weighted by Crippen LogP contribution is -2.56. The van der Waals surface area contributed by atoms with Crippen molar-refractivity contribution in [1.82, 2.24) is 16.0 Å². The van der Waals surface area contributed by atoms with Crippen molar-refractivity contribution in [1.29, 1.82) is 0 Å². The molecule has 41 heavy (non-hydrogen) atoms. The summed E-state index contributed by atoms with van der Waals surface area (Å²) >= 11 is 0. The monoisotopic (exact) mass is 571 g/mol. The first-order valence-corrected chi connectivity index (χ1v) is 15.1. The molecule has 2 aliphatic carbocycles. The van der Waals surface area contributed by atoms with Gasteiger partial charge in [-0.15, -0.1) is 0 Å². The molecule has 3 N–H and O–H groups in total. The van der Waals surface area contributed by atoms with Gasteiger partial charge in [-0.05, 0) is 37.7 Å². The Kier molecular flexibility index (Phi) is 13.8. The van der Waals surface area contributed by atoms with E-state index in [0.717, 1.165) is 69.8 Å². The van der Waals surface area contributed by atoms with Crippen LogP contribution in [0.3, 0.4) is 0 Å². The Hall–Kier alpha value is -3.27. The van der Waals surface area contributed by atoms with Gasteiger partial charge in [0.2, 0.25) is 17.6 Å². The number of benzene rings is 1. The summed E-state index contributed by atoms with van der Waals surface area (Å²) in [5.74, 6) is -3.11. The van der Waals surface area contributed by atoms with Gasteiger partial charge in [-0.3, -0.25) is 24.0 Å². The van der Waals surface area contributed by atoms with Gasteiger partial charge in [-0.2, -0.15) is 0 Å². The van der Waals surface area contributed by atoms with Crippen molar-refractivity contribution in [2.75, 3.05) is 19.8 Å². The third-order valence-electron chi connectivity index (χ3n) is 7.85. The van der Waals surface area contributed by atoms with E-state index in [9.17, 15) is 24.0 Å². The summed E-state index contributed by atoms with van der Waals surface area (Å²) in [5.41, 5.74) is 0.867. The first-order chi connectivity index (χ1) is 19.9. The molecule has 0 spiro atoms. The lowest BCUT2D eigenvalue weighted by Gasteiger charge is -2.29. The van der Waals surface area contributed by atoms with E-state index in [2.05, 4.69) is 16.0 Å². The zero-order chi connectivity index (χ0) is 29.5. The van der Waals surface area contributed by atoms with Crippen LogP contribution in [0, 0.1) is 11.8 Å². The molecule has 0 saturated heterocycles. The number of nitrogens with one attached hydrogen (secondary N) is 3. The lowest BCUT2D eigenvalue weighted by atomic mass is 9.84. The van der Waals surface area contributed by atoms with Crippen LogP contribution in [0.4, 0.5) is 0 Å². The Morgan fingerprint density at radius 1 is 0.854 bits per heavy atom. The third-order valence-corrected chi connectivity index (χ3v) is 7.85. The summed E-state index contributed by atoms with van der Waals surface area (Å²) in [7, 11) is 0. The van der Waals surface area contributed by atoms with Crippen molar-refractivity contribution in [2.24, 2.45) is 11.8 Å². The largest absolute Gasteiger partial charge is 0.465 e. The molecule has 226 valence electrons. The molecule has 2 fully saturated rings. The maximum atomic E-state index is 13.6. The first-order valence-electron chi connectivity index (χ1n) is 15.1. The second-order valence-corrected chi connectivity index (χ2v) is 11.0.